The van der Waals surface area contributed by atoms with E-state index in [1.54, 1.807) is 11.3 Å². The van der Waals surface area contributed by atoms with Crippen LogP contribution in [0.1, 0.15) is 9.88 Å². The van der Waals surface area contributed by atoms with Crippen LogP contribution < -0.4 is 0 Å². The molecule has 3 aromatic rings. The molecule has 0 unspecified atom stereocenters. The Morgan fingerprint density at radius 3 is 2.67 bits per heavy atom. The molecular weight excluding hydrogens is 364 g/mol. The van der Waals surface area contributed by atoms with Gasteiger partial charge in [0.15, 0.2) is 0 Å². The molecule has 0 saturated heterocycles. The largest absolute Gasteiger partial charge is 0.235 e. The second kappa shape index (κ2) is 6.35. The Balaban J connectivity index is 1.94. The minimum Gasteiger partial charge on any atom is -0.235 e. The number of nitriles is 1. The van der Waals surface area contributed by atoms with Crippen molar-refractivity contribution in [3.05, 3.63) is 61.5 Å². The summed E-state index contributed by atoms with van der Waals surface area (Å²) in [5.74, 6) is 0. The van der Waals surface area contributed by atoms with Gasteiger partial charge in [0.1, 0.15) is 11.1 Å². The third kappa shape index (κ3) is 3.30. The predicted molar refractivity (Wildman–Crippen MR) is 93.1 cm³/mol. The van der Waals surface area contributed by atoms with Crippen LogP contribution in [0.5, 0.6) is 0 Å². The van der Waals surface area contributed by atoms with Crippen molar-refractivity contribution in [3.8, 4) is 17.3 Å². The zero-order valence-electron chi connectivity index (χ0n) is 10.8. The smallest absolute Gasteiger partial charge is 0.134 e. The van der Waals surface area contributed by atoms with E-state index in [0.29, 0.717) is 5.57 Å². The molecule has 0 fully saturated rings. The normalized spacial score (nSPS) is 11.3. The Morgan fingerprint density at radius 2 is 2.00 bits per heavy atom. The van der Waals surface area contributed by atoms with Crippen LogP contribution in [0.15, 0.2) is 51.6 Å². The Kier molecular flexibility index (Phi) is 4.30. The lowest BCUT2D eigenvalue weighted by molar-refractivity contribution is 1.37. The molecule has 0 aliphatic carbocycles. The summed E-state index contributed by atoms with van der Waals surface area (Å²) in [6, 6.07) is 14.2. The minimum atomic E-state index is 0.603. The summed E-state index contributed by atoms with van der Waals surface area (Å²) < 4.78 is 1.04. The number of benzene rings is 1. The standard InChI is InChI=1S/C16H9BrN2S2/c17-13-5-3-11(4-6-13)15-10-21-16(19-15)12(9-18)8-14-2-1-7-20-14/h1-8,10H/b12-8+. The summed E-state index contributed by atoms with van der Waals surface area (Å²) in [6.07, 6.45) is 1.88. The summed E-state index contributed by atoms with van der Waals surface area (Å²) in [7, 11) is 0. The van der Waals surface area contributed by atoms with E-state index in [2.05, 4.69) is 27.0 Å². The van der Waals surface area contributed by atoms with Gasteiger partial charge in [-0.05, 0) is 29.7 Å². The first kappa shape index (κ1) is 14.2. The number of halogens is 1. The summed E-state index contributed by atoms with van der Waals surface area (Å²) in [5, 5.41) is 14.1. The summed E-state index contributed by atoms with van der Waals surface area (Å²) in [6.45, 7) is 0. The fourth-order valence-electron chi connectivity index (χ4n) is 1.81. The van der Waals surface area contributed by atoms with Crippen molar-refractivity contribution in [2.45, 2.75) is 0 Å². The number of rotatable bonds is 3. The van der Waals surface area contributed by atoms with E-state index in [1.165, 1.54) is 11.3 Å². The van der Waals surface area contributed by atoms with E-state index in [0.717, 1.165) is 25.6 Å². The number of thiazole rings is 1. The van der Waals surface area contributed by atoms with Gasteiger partial charge in [-0.2, -0.15) is 5.26 Å². The molecule has 5 heteroatoms. The van der Waals surface area contributed by atoms with E-state index in [9.17, 15) is 5.26 Å². The first-order chi connectivity index (χ1) is 10.3. The monoisotopic (exact) mass is 372 g/mol. The van der Waals surface area contributed by atoms with Crippen molar-refractivity contribution in [1.29, 1.82) is 5.26 Å². The van der Waals surface area contributed by atoms with Crippen LogP contribution in [0.3, 0.4) is 0 Å². The first-order valence-electron chi connectivity index (χ1n) is 6.13. The zero-order chi connectivity index (χ0) is 14.7. The van der Waals surface area contributed by atoms with Gasteiger partial charge in [-0.25, -0.2) is 4.98 Å². The molecule has 0 bridgehead atoms. The molecule has 0 spiro atoms. The van der Waals surface area contributed by atoms with Gasteiger partial charge in [0.05, 0.1) is 11.3 Å². The van der Waals surface area contributed by atoms with E-state index in [4.69, 9.17) is 0 Å². The van der Waals surface area contributed by atoms with Gasteiger partial charge in [-0.3, -0.25) is 0 Å². The molecule has 102 valence electrons. The highest BCUT2D eigenvalue weighted by molar-refractivity contribution is 9.10. The number of allylic oxidation sites excluding steroid dienone is 1. The van der Waals surface area contributed by atoms with Crippen LogP contribution in [0, 0.1) is 11.3 Å². The molecule has 0 saturated carbocycles. The van der Waals surface area contributed by atoms with Crippen molar-refractivity contribution < 1.29 is 0 Å². The molecule has 21 heavy (non-hydrogen) atoms. The van der Waals surface area contributed by atoms with Gasteiger partial charge in [0.2, 0.25) is 0 Å². The van der Waals surface area contributed by atoms with E-state index in [1.807, 2.05) is 53.2 Å². The number of thiophene rings is 1. The molecular formula is C16H9BrN2S2. The van der Waals surface area contributed by atoms with Crippen LogP contribution >= 0.6 is 38.6 Å². The van der Waals surface area contributed by atoms with Gasteiger partial charge in [0, 0.05) is 20.3 Å². The van der Waals surface area contributed by atoms with Gasteiger partial charge >= 0.3 is 0 Å². The Labute approximate surface area is 139 Å². The Bertz CT molecular complexity index is 809. The molecule has 2 aromatic heterocycles. The summed E-state index contributed by atoms with van der Waals surface area (Å²) in [5.41, 5.74) is 2.55. The molecule has 1 aromatic carbocycles. The lowest BCUT2D eigenvalue weighted by Crippen LogP contribution is -1.82. The van der Waals surface area contributed by atoms with Gasteiger partial charge < -0.3 is 0 Å². The van der Waals surface area contributed by atoms with Crippen molar-refractivity contribution in [1.82, 2.24) is 4.98 Å². The number of nitrogens with zero attached hydrogens (tertiary/aromatic N) is 2. The maximum absolute atomic E-state index is 9.34. The minimum absolute atomic E-state index is 0.603. The third-order valence-corrected chi connectivity index (χ3v) is 5.05. The number of hydrogen-bond acceptors (Lipinski definition) is 4. The first-order valence-corrected chi connectivity index (χ1v) is 8.68. The van der Waals surface area contributed by atoms with Gasteiger partial charge in [-0.1, -0.05) is 34.1 Å². The fraction of sp³-hybridized carbons (Fsp3) is 0. The molecule has 2 heterocycles. The van der Waals surface area contributed by atoms with Crippen LogP contribution in [0.2, 0.25) is 0 Å². The number of aromatic nitrogens is 1. The van der Waals surface area contributed by atoms with Gasteiger partial charge in [-0.15, -0.1) is 22.7 Å². The topological polar surface area (TPSA) is 36.7 Å². The molecule has 0 radical (unpaired) electrons. The maximum atomic E-state index is 9.34. The second-order valence-corrected chi connectivity index (χ2v) is 6.98. The van der Waals surface area contributed by atoms with Crippen molar-refractivity contribution in [2.24, 2.45) is 0 Å². The average Bonchev–Trinajstić information content (AvgIpc) is 3.17. The summed E-state index contributed by atoms with van der Waals surface area (Å²) >= 11 is 6.53. The van der Waals surface area contributed by atoms with Crippen LogP contribution in [0.4, 0.5) is 0 Å². The highest BCUT2D eigenvalue weighted by Crippen LogP contribution is 2.28. The predicted octanol–water partition coefficient (Wildman–Crippen LogP) is 5.70. The quantitative estimate of drug-likeness (QED) is 0.553. The van der Waals surface area contributed by atoms with E-state index in [-0.39, 0.29) is 0 Å². The van der Waals surface area contributed by atoms with Crippen LogP contribution in [0.25, 0.3) is 22.9 Å². The van der Waals surface area contributed by atoms with E-state index < -0.39 is 0 Å². The fourth-order valence-corrected chi connectivity index (χ4v) is 3.52. The Hall–Kier alpha value is -1.74. The van der Waals surface area contributed by atoms with Crippen molar-refractivity contribution >= 4 is 50.3 Å². The van der Waals surface area contributed by atoms with Crippen molar-refractivity contribution in [2.75, 3.05) is 0 Å². The molecule has 0 atom stereocenters. The summed E-state index contributed by atoms with van der Waals surface area (Å²) in [4.78, 5) is 5.64. The van der Waals surface area contributed by atoms with E-state index >= 15 is 0 Å². The number of hydrogen-bond donors (Lipinski definition) is 0. The zero-order valence-corrected chi connectivity index (χ0v) is 14.0. The molecule has 3 rings (SSSR count). The molecule has 0 aliphatic rings. The third-order valence-electron chi connectivity index (χ3n) is 2.82. The highest BCUT2D eigenvalue weighted by Gasteiger charge is 2.09. The van der Waals surface area contributed by atoms with Crippen molar-refractivity contribution in [3.63, 3.8) is 0 Å². The van der Waals surface area contributed by atoms with Gasteiger partial charge in [0.25, 0.3) is 0 Å². The average molecular weight is 373 g/mol. The lowest BCUT2D eigenvalue weighted by atomic mass is 10.2. The molecule has 2 nitrogen and oxygen atoms in total. The molecule has 0 N–H and O–H groups in total. The molecule has 0 amide bonds. The highest BCUT2D eigenvalue weighted by atomic mass is 79.9. The second-order valence-electron chi connectivity index (χ2n) is 4.23. The Morgan fingerprint density at radius 1 is 1.19 bits per heavy atom. The van der Waals surface area contributed by atoms with Crippen LogP contribution in [-0.4, -0.2) is 4.98 Å². The molecule has 0 aliphatic heterocycles. The lowest BCUT2D eigenvalue weighted by Gasteiger charge is -1.96. The van der Waals surface area contributed by atoms with Crippen LogP contribution in [-0.2, 0) is 0 Å². The maximum Gasteiger partial charge on any atom is 0.134 e. The SMILES string of the molecule is N#C/C(=C\c1cccs1)c1nc(-c2ccc(Br)cc2)cs1.